The van der Waals surface area contributed by atoms with Gasteiger partial charge in [-0.1, -0.05) is 12.1 Å². The highest BCUT2D eigenvalue weighted by Crippen LogP contribution is 2.06. The zero-order valence-corrected chi connectivity index (χ0v) is 15.2. The average Bonchev–Trinajstić information content (AvgIpc) is 2.73. The van der Waals surface area contributed by atoms with Gasteiger partial charge in [0.1, 0.15) is 0 Å². The summed E-state index contributed by atoms with van der Waals surface area (Å²) in [5, 5.41) is 5.75. The van der Waals surface area contributed by atoms with E-state index in [1.54, 1.807) is 36.7 Å². The number of pyridine rings is 1. The van der Waals surface area contributed by atoms with E-state index in [1.807, 2.05) is 12.1 Å². The normalized spacial score (nSPS) is 14.5. The van der Waals surface area contributed by atoms with Crippen molar-refractivity contribution in [2.75, 3.05) is 39.4 Å². The van der Waals surface area contributed by atoms with Crippen LogP contribution in [-0.4, -0.2) is 61.1 Å². The Bertz CT molecular complexity index is 761. The minimum Gasteiger partial charge on any atom is -0.379 e. The summed E-state index contributed by atoms with van der Waals surface area (Å²) in [5.74, 6) is -0.396. The Kier molecular flexibility index (Phi) is 6.90. The van der Waals surface area contributed by atoms with Crippen LogP contribution in [0.15, 0.2) is 48.8 Å². The average molecular weight is 368 g/mol. The predicted octanol–water partition coefficient (Wildman–Crippen LogP) is 1.07. The summed E-state index contributed by atoms with van der Waals surface area (Å²) >= 11 is 0. The fourth-order valence-electron chi connectivity index (χ4n) is 2.84. The van der Waals surface area contributed by atoms with Gasteiger partial charge in [-0.15, -0.1) is 0 Å². The second kappa shape index (κ2) is 9.80. The summed E-state index contributed by atoms with van der Waals surface area (Å²) in [6.07, 6.45) is 3.39. The third-order valence-electron chi connectivity index (χ3n) is 4.38. The van der Waals surface area contributed by atoms with Gasteiger partial charge in [0.05, 0.1) is 13.2 Å². The topological polar surface area (TPSA) is 83.6 Å². The fraction of sp³-hybridized carbons (Fsp3) is 0.350. The molecule has 2 heterocycles. The van der Waals surface area contributed by atoms with E-state index in [-0.39, 0.29) is 11.8 Å². The van der Waals surface area contributed by atoms with E-state index in [1.165, 1.54) is 0 Å². The van der Waals surface area contributed by atoms with Crippen molar-refractivity contribution in [3.63, 3.8) is 0 Å². The molecule has 27 heavy (non-hydrogen) atoms. The molecule has 142 valence electrons. The minimum absolute atomic E-state index is 0.176. The molecule has 7 nitrogen and oxygen atoms in total. The van der Waals surface area contributed by atoms with Gasteiger partial charge in [0.15, 0.2) is 0 Å². The van der Waals surface area contributed by atoms with Crippen molar-refractivity contribution in [2.24, 2.45) is 0 Å². The highest BCUT2D eigenvalue weighted by Gasteiger charge is 2.12. The summed E-state index contributed by atoms with van der Waals surface area (Å²) in [6, 6.07) is 10.5. The van der Waals surface area contributed by atoms with Crippen LogP contribution in [0.25, 0.3) is 0 Å². The molecular formula is C20H24N4O3. The number of rotatable bonds is 7. The van der Waals surface area contributed by atoms with Crippen LogP contribution in [0.5, 0.6) is 0 Å². The molecule has 3 rings (SSSR count). The first-order valence-electron chi connectivity index (χ1n) is 9.08. The third kappa shape index (κ3) is 5.87. The second-order valence-electron chi connectivity index (χ2n) is 6.33. The number of ether oxygens (including phenoxy) is 1. The van der Waals surface area contributed by atoms with Gasteiger partial charge < -0.3 is 15.4 Å². The summed E-state index contributed by atoms with van der Waals surface area (Å²) in [7, 11) is 0. The Hall–Kier alpha value is -2.77. The summed E-state index contributed by atoms with van der Waals surface area (Å²) in [5.41, 5.74) is 1.86. The molecule has 1 aliphatic rings. The van der Waals surface area contributed by atoms with Crippen molar-refractivity contribution in [3.05, 3.63) is 65.5 Å². The van der Waals surface area contributed by atoms with E-state index < -0.39 is 0 Å². The summed E-state index contributed by atoms with van der Waals surface area (Å²) in [6.45, 7) is 5.01. The van der Waals surface area contributed by atoms with Gasteiger partial charge in [-0.2, -0.15) is 0 Å². The minimum atomic E-state index is -0.221. The Labute approximate surface area is 158 Å². The molecule has 1 aliphatic heterocycles. The number of nitrogens with one attached hydrogen (secondary N) is 2. The molecule has 1 aromatic heterocycles. The molecule has 1 aromatic carbocycles. The first-order chi connectivity index (χ1) is 13.2. The van der Waals surface area contributed by atoms with Gasteiger partial charge in [0.2, 0.25) is 0 Å². The molecule has 0 spiro atoms. The Morgan fingerprint density at radius 1 is 1.04 bits per heavy atom. The quantitative estimate of drug-likeness (QED) is 0.764. The lowest BCUT2D eigenvalue weighted by Gasteiger charge is -2.26. The molecule has 0 saturated carbocycles. The van der Waals surface area contributed by atoms with Crippen LogP contribution in [0.1, 0.15) is 26.3 Å². The van der Waals surface area contributed by atoms with Crippen molar-refractivity contribution in [1.29, 1.82) is 0 Å². The van der Waals surface area contributed by atoms with Crippen LogP contribution in [0.2, 0.25) is 0 Å². The highest BCUT2D eigenvalue weighted by atomic mass is 16.5. The number of carbonyl (C=O) groups excluding carboxylic acids is 2. The van der Waals surface area contributed by atoms with Gasteiger partial charge in [-0.05, 0) is 29.8 Å². The van der Waals surface area contributed by atoms with Crippen LogP contribution in [0, 0.1) is 0 Å². The van der Waals surface area contributed by atoms with Crippen molar-refractivity contribution >= 4 is 11.8 Å². The number of benzene rings is 1. The molecule has 0 radical (unpaired) electrons. The van der Waals surface area contributed by atoms with Crippen LogP contribution < -0.4 is 10.6 Å². The maximum Gasteiger partial charge on any atom is 0.251 e. The zero-order valence-electron chi connectivity index (χ0n) is 15.2. The maximum absolute atomic E-state index is 12.3. The van der Waals surface area contributed by atoms with Gasteiger partial charge in [-0.25, -0.2) is 0 Å². The van der Waals surface area contributed by atoms with E-state index in [0.717, 1.165) is 38.4 Å². The van der Waals surface area contributed by atoms with E-state index in [9.17, 15) is 9.59 Å². The van der Waals surface area contributed by atoms with Crippen LogP contribution in [0.3, 0.4) is 0 Å². The molecule has 7 heteroatoms. The summed E-state index contributed by atoms with van der Waals surface area (Å²) in [4.78, 5) is 31.0. The lowest BCUT2D eigenvalue weighted by atomic mass is 10.1. The summed E-state index contributed by atoms with van der Waals surface area (Å²) < 4.78 is 5.31. The second-order valence-corrected chi connectivity index (χ2v) is 6.33. The van der Waals surface area contributed by atoms with Crippen molar-refractivity contribution in [1.82, 2.24) is 20.5 Å². The first-order valence-corrected chi connectivity index (χ1v) is 9.08. The molecule has 0 unspecified atom stereocenters. The largest absolute Gasteiger partial charge is 0.379 e. The number of nitrogens with zero attached hydrogens (tertiary/aromatic N) is 2. The standard InChI is InChI=1S/C20H24N4O3/c25-19(22-7-8-24-9-11-27-12-10-24)17-4-1-5-18(13-17)20(26)23-15-16-3-2-6-21-14-16/h1-6,13-14H,7-12,15H2,(H,22,25)(H,23,26). The number of amides is 2. The Morgan fingerprint density at radius 3 is 2.48 bits per heavy atom. The number of carbonyl (C=O) groups is 2. The van der Waals surface area contributed by atoms with Gasteiger partial charge >= 0.3 is 0 Å². The molecular weight excluding hydrogens is 344 g/mol. The van der Waals surface area contributed by atoms with Crippen molar-refractivity contribution in [3.8, 4) is 0 Å². The zero-order chi connectivity index (χ0) is 18.9. The van der Waals surface area contributed by atoms with Crippen molar-refractivity contribution < 1.29 is 14.3 Å². The van der Waals surface area contributed by atoms with E-state index in [0.29, 0.717) is 24.2 Å². The van der Waals surface area contributed by atoms with Gasteiger partial charge in [-0.3, -0.25) is 19.5 Å². The van der Waals surface area contributed by atoms with Gasteiger partial charge in [0, 0.05) is 56.2 Å². The molecule has 0 bridgehead atoms. The monoisotopic (exact) mass is 368 g/mol. The molecule has 2 amide bonds. The van der Waals surface area contributed by atoms with Crippen LogP contribution in [0.4, 0.5) is 0 Å². The van der Waals surface area contributed by atoms with E-state index in [4.69, 9.17) is 4.74 Å². The Morgan fingerprint density at radius 2 is 1.78 bits per heavy atom. The van der Waals surface area contributed by atoms with E-state index in [2.05, 4.69) is 20.5 Å². The molecule has 2 N–H and O–H groups in total. The van der Waals surface area contributed by atoms with E-state index >= 15 is 0 Å². The maximum atomic E-state index is 12.3. The van der Waals surface area contributed by atoms with Gasteiger partial charge in [0.25, 0.3) is 11.8 Å². The molecule has 1 fully saturated rings. The molecule has 1 saturated heterocycles. The SMILES string of the molecule is O=C(NCCN1CCOCC1)c1cccc(C(=O)NCc2cccnc2)c1. The Balaban J connectivity index is 1.49. The molecule has 2 aromatic rings. The molecule has 0 aliphatic carbocycles. The third-order valence-corrected chi connectivity index (χ3v) is 4.38. The highest BCUT2D eigenvalue weighted by molar-refractivity contribution is 5.99. The predicted molar refractivity (Wildman–Crippen MR) is 101 cm³/mol. The lowest BCUT2D eigenvalue weighted by Crippen LogP contribution is -2.41. The van der Waals surface area contributed by atoms with Crippen molar-refractivity contribution in [2.45, 2.75) is 6.54 Å². The smallest absolute Gasteiger partial charge is 0.251 e. The number of hydrogen-bond acceptors (Lipinski definition) is 5. The number of aromatic nitrogens is 1. The van der Waals surface area contributed by atoms with Crippen LogP contribution >= 0.6 is 0 Å². The lowest BCUT2D eigenvalue weighted by molar-refractivity contribution is 0.0383. The number of morpholine rings is 1. The fourth-order valence-corrected chi connectivity index (χ4v) is 2.84. The van der Waals surface area contributed by atoms with Crippen LogP contribution in [-0.2, 0) is 11.3 Å². The molecule has 0 atom stereocenters. The number of hydrogen-bond donors (Lipinski definition) is 2. The first kappa shape index (κ1) is 19.0.